The summed E-state index contributed by atoms with van der Waals surface area (Å²) < 4.78 is 10.6. The quantitative estimate of drug-likeness (QED) is 0.747. The van der Waals surface area contributed by atoms with Gasteiger partial charge in [-0.15, -0.1) is 0 Å². The zero-order chi connectivity index (χ0) is 14.8. The number of benzene rings is 1. The molecule has 1 aromatic rings. The van der Waals surface area contributed by atoms with Gasteiger partial charge in [-0.2, -0.15) is 5.26 Å². The van der Waals surface area contributed by atoms with Crippen LogP contribution in [0.2, 0.25) is 0 Å². The Morgan fingerprint density at radius 3 is 2.35 bits per heavy atom. The summed E-state index contributed by atoms with van der Waals surface area (Å²) in [6.45, 7) is 5.03. The number of hydrogen-bond donors (Lipinski definition) is 2. The van der Waals surface area contributed by atoms with E-state index in [1.165, 1.54) is 0 Å². The number of rotatable bonds is 7. The molecule has 0 fully saturated rings. The minimum Gasteiger partial charge on any atom is -0.351 e. The molecule has 1 rings (SSSR count). The van der Waals surface area contributed by atoms with Crippen LogP contribution < -0.4 is 10.6 Å². The standard InChI is InChI=1S/C14H19N3O3/c1-3-19-13(20-4-2)10-16-14(18)17-12-7-5-11(9-15)6-8-12/h5-8,13H,3-4,10H2,1-2H3,(H2,16,17,18). The van der Waals surface area contributed by atoms with Crippen molar-refractivity contribution in [2.45, 2.75) is 20.1 Å². The average Bonchev–Trinajstić information content (AvgIpc) is 2.46. The third kappa shape index (κ3) is 5.69. The lowest BCUT2D eigenvalue weighted by molar-refractivity contribution is -0.131. The number of carbonyl (C=O) groups excluding carboxylic acids is 1. The van der Waals surface area contributed by atoms with Gasteiger partial charge in [0.15, 0.2) is 6.29 Å². The zero-order valence-corrected chi connectivity index (χ0v) is 11.7. The molecular formula is C14H19N3O3. The molecule has 20 heavy (non-hydrogen) atoms. The predicted molar refractivity (Wildman–Crippen MR) is 75.2 cm³/mol. The molecule has 0 atom stereocenters. The van der Waals surface area contributed by atoms with Crippen molar-refractivity contribution >= 4 is 11.7 Å². The molecule has 0 spiro atoms. The fraction of sp³-hybridized carbons (Fsp3) is 0.429. The van der Waals surface area contributed by atoms with Gasteiger partial charge in [0, 0.05) is 18.9 Å². The molecule has 0 aliphatic carbocycles. The van der Waals surface area contributed by atoms with Gasteiger partial charge < -0.3 is 20.1 Å². The molecule has 108 valence electrons. The van der Waals surface area contributed by atoms with E-state index < -0.39 is 6.29 Å². The molecule has 6 heteroatoms. The van der Waals surface area contributed by atoms with E-state index in [0.29, 0.717) is 24.5 Å². The highest BCUT2D eigenvalue weighted by Crippen LogP contribution is 2.08. The molecule has 0 saturated carbocycles. The van der Waals surface area contributed by atoms with E-state index in [2.05, 4.69) is 10.6 Å². The van der Waals surface area contributed by atoms with Crippen molar-refractivity contribution in [3.63, 3.8) is 0 Å². The molecule has 0 radical (unpaired) electrons. The molecular weight excluding hydrogens is 258 g/mol. The molecule has 0 heterocycles. The first kappa shape index (κ1) is 16.0. The summed E-state index contributed by atoms with van der Waals surface area (Å²) >= 11 is 0. The van der Waals surface area contributed by atoms with Gasteiger partial charge in [0.25, 0.3) is 0 Å². The monoisotopic (exact) mass is 277 g/mol. The number of urea groups is 1. The van der Waals surface area contributed by atoms with E-state index in [0.717, 1.165) is 0 Å². The van der Waals surface area contributed by atoms with Crippen molar-refractivity contribution in [1.29, 1.82) is 5.26 Å². The van der Waals surface area contributed by atoms with E-state index in [-0.39, 0.29) is 12.6 Å². The van der Waals surface area contributed by atoms with E-state index in [4.69, 9.17) is 14.7 Å². The van der Waals surface area contributed by atoms with Crippen molar-refractivity contribution in [2.75, 3.05) is 25.1 Å². The van der Waals surface area contributed by atoms with Gasteiger partial charge in [-0.05, 0) is 38.1 Å². The second-order valence-corrected chi connectivity index (χ2v) is 3.86. The smallest absolute Gasteiger partial charge is 0.319 e. The third-order valence-electron chi connectivity index (χ3n) is 2.41. The van der Waals surface area contributed by atoms with Crippen LogP contribution >= 0.6 is 0 Å². The molecule has 2 N–H and O–H groups in total. The van der Waals surface area contributed by atoms with Gasteiger partial charge in [0.1, 0.15) is 0 Å². The van der Waals surface area contributed by atoms with Crippen molar-refractivity contribution in [1.82, 2.24) is 5.32 Å². The van der Waals surface area contributed by atoms with E-state index in [9.17, 15) is 4.79 Å². The largest absolute Gasteiger partial charge is 0.351 e. The Morgan fingerprint density at radius 1 is 1.25 bits per heavy atom. The first-order valence-corrected chi connectivity index (χ1v) is 6.47. The van der Waals surface area contributed by atoms with Crippen LogP contribution in [0.4, 0.5) is 10.5 Å². The predicted octanol–water partition coefficient (Wildman–Crippen LogP) is 2.08. The van der Waals surface area contributed by atoms with Crippen LogP contribution in [0.1, 0.15) is 19.4 Å². The maximum atomic E-state index is 11.7. The van der Waals surface area contributed by atoms with Gasteiger partial charge in [-0.3, -0.25) is 0 Å². The van der Waals surface area contributed by atoms with Crippen LogP contribution in [0.25, 0.3) is 0 Å². The minimum atomic E-state index is -0.447. The summed E-state index contributed by atoms with van der Waals surface area (Å²) in [4.78, 5) is 11.7. The van der Waals surface area contributed by atoms with Crippen LogP contribution in [0.15, 0.2) is 24.3 Å². The van der Waals surface area contributed by atoms with Crippen LogP contribution in [0, 0.1) is 11.3 Å². The Labute approximate surface area is 118 Å². The zero-order valence-electron chi connectivity index (χ0n) is 11.7. The van der Waals surface area contributed by atoms with E-state index >= 15 is 0 Å². The molecule has 2 amide bonds. The summed E-state index contributed by atoms with van der Waals surface area (Å²) in [5.74, 6) is 0. The number of ether oxygens (including phenoxy) is 2. The minimum absolute atomic E-state index is 0.268. The number of hydrogen-bond acceptors (Lipinski definition) is 4. The molecule has 0 aliphatic heterocycles. The van der Waals surface area contributed by atoms with Gasteiger partial charge in [0.05, 0.1) is 18.2 Å². The maximum absolute atomic E-state index is 11.7. The first-order valence-electron chi connectivity index (χ1n) is 6.47. The Hall–Kier alpha value is -2.10. The molecule has 0 bridgehead atoms. The lowest BCUT2D eigenvalue weighted by Gasteiger charge is -2.17. The number of carbonyl (C=O) groups is 1. The Morgan fingerprint density at radius 2 is 1.85 bits per heavy atom. The summed E-state index contributed by atoms with van der Waals surface area (Å²) in [6.07, 6.45) is -0.447. The number of anilines is 1. The summed E-state index contributed by atoms with van der Waals surface area (Å²) in [5.41, 5.74) is 1.16. The summed E-state index contributed by atoms with van der Waals surface area (Å²) in [5, 5.41) is 14.0. The summed E-state index contributed by atoms with van der Waals surface area (Å²) in [6, 6.07) is 8.28. The molecule has 0 aliphatic rings. The number of amides is 2. The maximum Gasteiger partial charge on any atom is 0.319 e. The van der Waals surface area contributed by atoms with Crippen molar-refractivity contribution in [2.24, 2.45) is 0 Å². The van der Waals surface area contributed by atoms with Gasteiger partial charge >= 0.3 is 6.03 Å². The number of nitrogens with one attached hydrogen (secondary N) is 2. The van der Waals surface area contributed by atoms with Crippen LogP contribution in [-0.4, -0.2) is 32.1 Å². The Bertz CT molecular complexity index is 448. The van der Waals surface area contributed by atoms with Crippen molar-refractivity contribution in [3.05, 3.63) is 29.8 Å². The number of nitriles is 1. The lowest BCUT2D eigenvalue weighted by Crippen LogP contribution is -2.37. The van der Waals surface area contributed by atoms with Crippen molar-refractivity contribution in [3.8, 4) is 6.07 Å². The molecule has 1 aromatic carbocycles. The molecule has 6 nitrogen and oxygen atoms in total. The fourth-order valence-electron chi connectivity index (χ4n) is 1.52. The van der Waals surface area contributed by atoms with E-state index in [1.54, 1.807) is 24.3 Å². The molecule has 0 unspecified atom stereocenters. The SMILES string of the molecule is CCOC(CNC(=O)Nc1ccc(C#N)cc1)OCC. The first-order chi connectivity index (χ1) is 9.69. The van der Waals surface area contributed by atoms with Crippen LogP contribution in [0.5, 0.6) is 0 Å². The highest BCUT2D eigenvalue weighted by atomic mass is 16.7. The second-order valence-electron chi connectivity index (χ2n) is 3.86. The van der Waals surface area contributed by atoms with Gasteiger partial charge in [-0.25, -0.2) is 4.79 Å². The van der Waals surface area contributed by atoms with E-state index in [1.807, 2.05) is 19.9 Å². The van der Waals surface area contributed by atoms with Crippen LogP contribution in [0.3, 0.4) is 0 Å². The fourth-order valence-corrected chi connectivity index (χ4v) is 1.52. The third-order valence-corrected chi connectivity index (χ3v) is 2.41. The molecule has 0 aromatic heterocycles. The highest BCUT2D eigenvalue weighted by Gasteiger charge is 2.09. The topological polar surface area (TPSA) is 83.4 Å². The van der Waals surface area contributed by atoms with Crippen molar-refractivity contribution < 1.29 is 14.3 Å². The normalized spacial score (nSPS) is 10.1. The number of nitrogens with zero attached hydrogens (tertiary/aromatic N) is 1. The Balaban J connectivity index is 2.40. The van der Waals surface area contributed by atoms with Gasteiger partial charge in [0.2, 0.25) is 0 Å². The van der Waals surface area contributed by atoms with Gasteiger partial charge in [-0.1, -0.05) is 0 Å². The highest BCUT2D eigenvalue weighted by molar-refractivity contribution is 5.89. The molecule has 0 saturated heterocycles. The Kier molecular flexibility index (Phi) is 7.11. The van der Waals surface area contributed by atoms with Crippen LogP contribution in [-0.2, 0) is 9.47 Å². The average molecular weight is 277 g/mol. The second kappa shape index (κ2) is 8.91. The lowest BCUT2D eigenvalue weighted by atomic mass is 10.2. The summed E-state index contributed by atoms with van der Waals surface area (Å²) in [7, 11) is 0.